The topological polar surface area (TPSA) is 39.9 Å². The maximum Gasteiger partial charge on any atom is 0.220 e. The number of aromatic nitrogens is 3. The second-order valence-corrected chi connectivity index (χ2v) is 9.00. The van der Waals surface area contributed by atoms with E-state index in [4.69, 9.17) is 14.8 Å². The summed E-state index contributed by atoms with van der Waals surface area (Å²) in [4.78, 5) is 4.98. The monoisotopic (exact) mass is 399 g/mol. The maximum absolute atomic E-state index is 6.30. The first-order valence-corrected chi connectivity index (χ1v) is 11.0. The van der Waals surface area contributed by atoms with Gasteiger partial charge in [0.05, 0.1) is 23.5 Å². The Hall–Kier alpha value is -2.79. The van der Waals surface area contributed by atoms with Crippen LogP contribution in [0.25, 0.3) is 16.6 Å². The van der Waals surface area contributed by atoms with Crippen molar-refractivity contribution in [2.24, 2.45) is 5.92 Å². The van der Waals surface area contributed by atoms with Gasteiger partial charge in [0, 0.05) is 28.5 Å². The number of pyridine rings is 1. The lowest BCUT2D eigenvalue weighted by molar-refractivity contribution is 0.205. The van der Waals surface area contributed by atoms with Gasteiger partial charge in [-0.2, -0.15) is 5.10 Å². The second kappa shape index (κ2) is 6.36. The first kappa shape index (κ1) is 17.1. The first-order valence-electron chi connectivity index (χ1n) is 10.0. The van der Waals surface area contributed by atoms with Crippen LogP contribution in [0.1, 0.15) is 28.3 Å². The van der Waals surface area contributed by atoms with Crippen LogP contribution in [0.4, 0.5) is 0 Å². The Morgan fingerprint density at radius 2 is 1.90 bits per heavy atom. The third-order valence-corrected chi connectivity index (χ3v) is 7.24. The van der Waals surface area contributed by atoms with Crippen molar-refractivity contribution in [3.8, 4) is 11.6 Å². The van der Waals surface area contributed by atoms with Crippen LogP contribution in [-0.2, 0) is 0 Å². The van der Waals surface area contributed by atoms with Crippen molar-refractivity contribution >= 4 is 22.7 Å². The number of hydrogen-bond acceptors (Lipinski definition) is 4. The largest absolute Gasteiger partial charge is 0.477 e. The second-order valence-electron chi connectivity index (χ2n) is 7.99. The molecule has 0 saturated heterocycles. The molecule has 5 heteroatoms. The standard InChI is InChI=1S/C24H21N3OS/c1-14-7-9-18(10-8-14)27-24-21(15(2)26-27)22-17(12-28-24)13-29-23-19(22)11-16-5-3-4-6-20(16)25-23/h3-11,17,22H,12-13H2,1-2H3/t17-,22-/m0/s1. The van der Waals surface area contributed by atoms with Gasteiger partial charge < -0.3 is 4.74 Å². The normalized spacial score (nSPS) is 19.9. The summed E-state index contributed by atoms with van der Waals surface area (Å²) in [5.74, 6) is 2.64. The highest BCUT2D eigenvalue weighted by Crippen LogP contribution is 2.50. The molecular weight excluding hydrogens is 378 g/mol. The highest BCUT2D eigenvalue weighted by molar-refractivity contribution is 7.99. The van der Waals surface area contributed by atoms with Crippen LogP contribution in [0.3, 0.4) is 0 Å². The molecule has 0 spiro atoms. The van der Waals surface area contributed by atoms with Crippen molar-refractivity contribution in [3.05, 3.63) is 77.0 Å². The van der Waals surface area contributed by atoms with Crippen molar-refractivity contribution in [1.29, 1.82) is 0 Å². The van der Waals surface area contributed by atoms with Crippen LogP contribution in [0.15, 0.2) is 59.6 Å². The molecule has 2 aliphatic rings. The average molecular weight is 400 g/mol. The number of benzene rings is 2. The van der Waals surface area contributed by atoms with E-state index in [1.807, 2.05) is 16.4 Å². The molecule has 0 bridgehead atoms. The summed E-state index contributed by atoms with van der Waals surface area (Å²) in [5.41, 5.74) is 6.93. The van der Waals surface area contributed by atoms with Gasteiger partial charge in [-0.1, -0.05) is 35.9 Å². The minimum absolute atomic E-state index is 0.284. The minimum atomic E-state index is 0.284. The number of fused-ring (bicyclic) bond motifs is 6. The van der Waals surface area contributed by atoms with E-state index in [1.165, 1.54) is 22.1 Å². The number of hydrogen-bond donors (Lipinski definition) is 0. The molecule has 0 saturated carbocycles. The number of para-hydroxylation sites is 1. The average Bonchev–Trinajstić information content (AvgIpc) is 3.09. The van der Waals surface area contributed by atoms with Crippen LogP contribution >= 0.6 is 11.8 Å². The number of ether oxygens (including phenoxy) is 1. The van der Waals surface area contributed by atoms with Crippen molar-refractivity contribution in [1.82, 2.24) is 14.8 Å². The number of nitrogens with zero attached hydrogens (tertiary/aromatic N) is 3. The lowest BCUT2D eigenvalue weighted by atomic mass is 9.80. The van der Waals surface area contributed by atoms with E-state index in [1.54, 1.807) is 0 Å². The lowest BCUT2D eigenvalue weighted by Crippen LogP contribution is -2.32. The summed E-state index contributed by atoms with van der Waals surface area (Å²) in [5, 5.41) is 7.23. The predicted molar refractivity (Wildman–Crippen MR) is 116 cm³/mol. The predicted octanol–water partition coefficient (Wildman–Crippen LogP) is 5.28. The first-order chi connectivity index (χ1) is 14.2. The van der Waals surface area contributed by atoms with E-state index in [0.29, 0.717) is 12.5 Å². The molecule has 0 fully saturated rings. The SMILES string of the molecule is Cc1ccc(-n2nc(C)c3c2OC[C@H]2CSc4nc5ccccc5cc4[C@@H]32)cc1. The molecule has 4 nitrogen and oxygen atoms in total. The Morgan fingerprint density at radius 1 is 1.07 bits per heavy atom. The molecule has 6 rings (SSSR count). The van der Waals surface area contributed by atoms with E-state index >= 15 is 0 Å². The third kappa shape index (κ3) is 2.60. The Labute approximate surface area is 173 Å². The van der Waals surface area contributed by atoms with Gasteiger partial charge in [0.25, 0.3) is 0 Å². The molecule has 144 valence electrons. The molecule has 4 aromatic rings. The van der Waals surface area contributed by atoms with E-state index < -0.39 is 0 Å². The molecule has 0 unspecified atom stereocenters. The molecule has 2 aromatic carbocycles. The van der Waals surface area contributed by atoms with Gasteiger partial charge in [-0.05, 0) is 43.7 Å². The van der Waals surface area contributed by atoms with E-state index in [2.05, 4.69) is 68.4 Å². The van der Waals surface area contributed by atoms with Crippen LogP contribution in [0.5, 0.6) is 5.88 Å². The number of thioether (sulfide) groups is 1. The van der Waals surface area contributed by atoms with Crippen LogP contribution in [-0.4, -0.2) is 27.1 Å². The van der Waals surface area contributed by atoms with E-state index in [-0.39, 0.29) is 5.92 Å². The summed E-state index contributed by atoms with van der Waals surface area (Å²) in [6.07, 6.45) is 0. The molecule has 29 heavy (non-hydrogen) atoms. The molecule has 2 atom stereocenters. The molecular formula is C24H21N3OS. The smallest absolute Gasteiger partial charge is 0.220 e. The minimum Gasteiger partial charge on any atom is -0.477 e. The Bertz CT molecular complexity index is 1250. The summed E-state index contributed by atoms with van der Waals surface area (Å²) in [7, 11) is 0. The molecule has 0 amide bonds. The van der Waals surface area contributed by atoms with Gasteiger partial charge in [0.2, 0.25) is 5.88 Å². The molecule has 2 aromatic heterocycles. The zero-order chi connectivity index (χ0) is 19.5. The maximum atomic E-state index is 6.30. The van der Waals surface area contributed by atoms with Crippen LogP contribution in [0.2, 0.25) is 0 Å². The Balaban J connectivity index is 1.55. The fourth-order valence-corrected chi connectivity index (χ4v) is 5.76. The van der Waals surface area contributed by atoms with E-state index in [9.17, 15) is 0 Å². The summed E-state index contributed by atoms with van der Waals surface area (Å²) >= 11 is 1.86. The van der Waals surface area contributed by atoms with Gasteiger partial charge in [0.1, 0.15) is 5.03 Å². The Morgan fingerprint density at radius 3 is 2.76 bits per heavy atom. The number of aryl methyl sites for hydroxylation is 2. The summed E-state index contributed by atoms with van der Waals surface area (Å²) in [6.45, 7) is 4.92. The molecule has 2 aliphatic heterocycles. The number of rotatable bonds is 1. The van der Waals surface area contributed by atoms with Gasteiger partial charge in [0.15, 0.2) is 0 Å². The highest BCUT2D eigenvalue weighted by atomic mass is 32.2. The van der Waals surface area contributed by atoms with E-state index in [0.717, 1.165) is 33.6 Å². The van der Waals surface area contributed by atoms with Crippen LogP contribution < -0.4 is 4.74 Å². The van der Waals surface area contributed by atoms with Gasteiger partial charge in [-0.3, -0.25) is 0 Å². The van der Waals surface area contributed by atoms with Gasteiger partial charge in [-0.15, -0.1) is 11.8 Å². The zero-order valence-electron chi connectivity index (χ0n) is 16.4. The van der Waals surface area contributed by atoms with Crippen molar-refractivity contribution in [2.45, 2.75) is 24.8 Å². The van der Waals surface area contributed by atoms with Crippen molar-refractivity contribution in [2.75, 3.05) is 12.4 Å². The zero-order valence-corrected chi connectivity index (χ0v) is 17.2. The van der Waals surface area contributed by atoms with Crippen molar-refractivity contribution < 1.29 is 4.74 Å². The van der Waals surface area contributed by atoms with Crippen LogP contribution in [0, 0.1) is 19.8 Å². The summed E-state index contributed by atoms with van der Waals surface area (Å²) < 4.78 is 8.27. The molecule has 0 radical (unpaired) electrons. The lowest BCUT2D eigenvalue weighted by Gasteiger charge is -2.36. The Kier molecular flexibility index (Phi) is 3.75. The molecule has 0 N–H and O–H groups in total. The molecule has 0 aliphatic carbocycles. The fraction of sp³-hybridized carbons (Fsp3) is 0.250. The fourth-order valence-electron chi connectivity index (χ4n) is 4.59. The van der Waals surface area contributed by atoms with Crippen molar-refractivity contribution in [3.63, 3.8) is 0 Å². The van der Waals surface area contributed by atoms with Gasteiger partial charge in [-0.25, -0.2) is 9.67 Å². The summed E-state index contributed by atoms with van der Waals surface area (Å²) in [6, 6.07) is 19.2. The quantitative estimate of drug-likeness (QED) is 0.436. The molecule has 4 heterocycles. The van der Waals surface area contributed by atoms with Gasteiger partial charge >= 0.3 is 0 Å². The highest BCUT2D eigenvalue weighted by Gasteiger charge is 2.41. The third-order valence-electron chi connectivity index (χ3n) is 6.04.